The van der Waals surface area contributed by atoms with Crippen LogP contribution in [0.1, 0.15) is 80.1 Å². The third-order valence-electron chi connectivity index (χ3n) is 10.1. The molecule has 18 heteroatoms. The highest BCUT2D eigenvalue weighted by molar-refractivity contribution is 5.72. The van der Waals surface area contributed by atoms with E-state index in [2.05, 4.69) is 21.3 Å². The van der Waals surface area contributed by atoms with Gasteiger partial charge in [-0.05, 0) is 60.2 Å². The molecule has 304 valence electrons. The molecule has 2 aliphatic carbocycles. The number of halogens is 4. The fraction of sp³-hybridized carbons (Fsp3) is 0.750. The van der Waals surface area contributed by atoms with Gasteiger partial charge in [-0.2, -0.15) is 17.6 Å². The van der Waals surface area contributed by atoms with E-state index in [1.54, 1.807) is 0 Å². The first-order chi connectivity index (χ1) is 25.1. The second-order valence-corrected chi connectivity index (χ2v) is 17.4. The van der Waals surface area contributed by atoms with Gasteiger partial charge in [0, 0.05) is 25.2 Å². The van der Waals surface area contributed by atoms with Crippen molar-refractivity contribution in [2.45, 2.75) is 111 Å². The molecule has 2 saturated carbocycles. The predicted octanol–water partition coefficient (Wildman–Crippen LogP) is 5.00. The summed E-state index contributed by atoms with van der Waals surface area (Å²) in [4.78, 5) is 37.8. The van der Waals surface area contributed by atoms with Crippen LogP contribution in [0.15, 0.2) is 0 Å². The molecule has 4 aliphatic rings. The summed E-state index contributed by atoms with van der Waals surface area (Å²) in [7, 11) is 0. The van der Waals surface area contributed by atoms with Gasteiger partial charge in [-0.15, -0.1) is 0 Å². The molecule has 7 atom stereocenters. The lowest BCUT2D eigenvalue weighted by atomic mass is 9.62. The van der Waals surface area contributed by atoms with Gasteiger partial charge in [0.25, 0.3) is 0 Å². The molecule has 2 aliphatic heterocycles. The molecule has 1 aromatic carbocycles. The third-order valence-corrected chi connectivity index (χ3v) is 10.1. The maximum absolute atomic E-state index is 15.1. The lowest BCUT2D eigenvalue weighted by molar-refractivity contribution is -0.129. The summed E-state index contributed by atoms with van der Waals surface area (Å²) in [6.07, 6.45) is -1.81. The zero-order valence-corrected chi connectivity index (χ0v) is 31.5. The van der Waals surface area contributed by atoms with Gasteiger partial charge >= 0.3 is 18.3 Å². The van der Waals surface area contributed by atoms with Crippen LogP contribution in [0.2, 0.25) is 0 Å². The lowest BCUT2D eigenvalue weighted by Crippen LogP contribution is -2.51. The first-order valence-corrected chi connectivity index (χ1v) is 18.1. The Bertz CT molecular complexity index is 1530. The molecule has 5 N–H and O–H groups in total. The zero-order valence-electron chi connectivity index (χ0n) is 31.5. The summed E-state index contributed by atoms with van der Waals surface area (Å²) >= 11 is 0. The molecule has 3 amide bonds. The number of hydrogen-bond acceptors (Lipinski definition) is 11. The van der Waals surface area contributed by atoms with E-state index in [4.69, 9.17) is 28.4 Å². The standard InChI is InChI=1S/C36H52F4N4O10/c1-33(2)7-19(9-35(5,15-33)17-41-29(45)51-13-21-11-49-21)43-31(47)53-27-23(37)25(39)28(26(40)24(27)38)54-32(48)44-20-8-34(3,4)16-36(6,10-20)18-42-30(46)52-14-22-12-50-22/h19-22,29,41,45H,7-18H2,1-6H3,(H,42,46)(H,43,47)(H,44,48). The van der Waals surface area contributed by atoms with E-state index in [9.17, 15) is 19.5 Å². The number of ether oxygens (including phenoxy) is 6. The number of rotatable bonds is 14. The van der Waals surface area contributed by atoms with Crippen LogP contribution in [0, 0.1) is 44.9 Å². The van der Waals surface area contributed by atoms with Crippen molar-refractivity contribution in [2.75, 3.05) is 39.5 Å². The maximum atomic E-state index is 15.1. The Hall–Kier alpha value is -3.45. The first-order valence-electron chi connectivity index (χ1n) is 18.1. The second kappa shape index (κ2) is 16.3. The van der Waals surface area contributed by atoms with Crippen LogP contribution in [0.25, 0.3) is 0 Å². The van der Waals surface area contributed by atoms with Crippen molar-refractivity contribution in [1.82, 2.24) is 21.3 Å². The number of amides is 3. The number of hydrogen-bond donors (Lipinski definition) is 5. The van der Waals surface area contributed by atoms with Gasteiger partial charge in [0.15, 0.2) is 0 Å². The van der Waals surface area contributed by atoms with Crippen molar-refractivity contribution >= 4 is 18.3 Å². The Labute approximate surface area is 311 Å². The Kier molecular flexibility index (Phi) is 12.6. The minimum Gasteiger partial charge on any atom is -0.447 e. The van der Waals surface area contributed by atoms with Crippen molar-refractivity contribution in [1.29, 1.82) is 0 Å². The molecule has 2 heterocycles. The zero-order chi connectivity index (χ0) is 39.6. The number of aliphatic hydroxyl groups is 1. The van der Waals surface area contributed by atoms with E-state index in [0.717, 1.165) is 0 Å². The highest BCUT2D eigenvalue weighted by Gasteiger charge is 2.44. The molecular formula is C36H52F4N4O10. The van der Waals surface area contributed by atoms with Crippen molar-refractivity contribution < 1.29 is 65.5 Å². The summed E-state index contributed by atoms with van der Waals surface area (Å²) in [5.74, 6) is -11.6. The molecule has 0 aromatic heterocycles. The molecule has 0 bridgehead atoms. The second-order valence-electron chi connectivity index (χ2n) is 17.4. The fourth-order valence-corrected chi connectivity index (χ4v) is 8.51. The summed E-state index contributed by atoms with van der Waals surface area (Å²) in [6, 6.07) is -1.17. The van der Waals surface area contributed by atoms with Crippen LogP contribution in [0.5, 0.6) is 11.5 Å². The number of nitrogens with one attached hydrogen (secondary N) is 4. The molecule has 54 heavy (non-hydrogen) atoms. The van der Waals surface area contributed by atoms with E-state index < -0.39 is 82.4 Å². The molecular weight excluding hydrogens is 724 g/mol. The molecule has 0 radical (unpaired) electrons. The number of carbonyl (C=O) groups excluding carboxylic acids is 3. The summed E-state index contributed by atoms with van der Waals surface area (Å²) in [5, 5.41) is 20.8. The maximum Gasteiger partial charge on any atom is 0.413 e. The van der Waals surface area contributed by atoms with Gasteiger partial charge in [0.05, 0.1) is 19.8 Å². The monoisotopic (exact) mass is 776 g/mol. The third kappa shape index (κ3) is 11.8. The quantitative estimate of drug-likeness (QED) is 0.0743. The first kappa shape index (κ1) is 41.7. The van der Waals surface area contributed by atoms with Gasteiger partial charge in [-0.25, -0.2) is 14.4 Å². The van der Waals surface area contributed by atoms with Gasteiger partial charge in [0.2, 0.25) is 41.2 Å². The van der Waals surface area contributed by atoms with Crippen LogP contribution >= 0.6 is 0 Å². The summed E-state index contributed by atoms with van der Waals surface area (Å²) < 4.78 is 90.6. The van der Waals surface area contributed by atoms with Gasteiger partial charge in [-0.3, -0.25) is 5.32 Å². The van der Waals surface area contributed by atoms with Crippen LogP contribution in [-0.4, -0.2) is 93.6 Å². The molecule has 2 saturated heterocycles. The number of epoxide rings is 2. The minimum absolute atomic E-state index is 0.0375. The average Bonchev–Trinajstić information content (AvgIpc) is 3.98. The smallest absolute Gasteiger partial charge is 0.413 e. The van der Waals surface area contributed by atoms with Crippen LogP contribution in [-0.2, 0) is 18.9 Å². The fourth-order valence-electron chi connectivity index (χ4n) is 8.51. The van der Waals surface area contributed by atoms with Gasteiger partial charge < -0.3 is 49.5 Å². The van der Waals surface area contributed by atoms with E-state index in [1.165, 1.54) is 0 Å². The summed E-state index contributed by atoms with van der Waals surface area (Å²) in [5.41, 5.74) is -1.68. The van der Waals surface area contributed by atoms with Crippen LogP contribution < -0.4 is 30.7 Å². The number of aliphatic hydroxyl groups excluding tert-OH is 1. The highest BCUT2D eigenvalue weighted by Crippen LogP contribution is 2.47. The van der Waals surface area contributed by atoms with E-state index in [0.29, 0.717) is 58.3 Å². The van der Waals surface area contributed by atoms with Crippen molar-refractivity contribution in [3.05, 3.63) is 23.3 Å². The lowest BCUT2D eigenvalue weighted by Gasteiger charge is -2.47. The molecule has 14 nitrogen and oxygen atoms in total. The van der Waals surface area contributed by atoms with Gasteiger partial charge in [-0.1, -0.05) is 41.5 Å². The normalized spacial score (nSPS) is 30.1. The van der Waals surface area contributed by atoms with Gasteiger partial charge in [0.1, 0.15) is 18.8 Å². The molecule has 4 fully saturated rings. The largest absolute Gasteiger partial charge is 0.447 e. The topological polar surface area (TPSA) is 182 Å². The highest BCUT2D eigenvalue weighted by atomic mass is 19.2. The Morgan fingerprint density at radius 2 is 1.13 bits per heavy atom. The Balaban J connectivity index is 1.17. The van der Waals surface area contributed by atoms with E-state index in [-0.39, 0.29) is 42.8 Å². The average molecular weight is 777 g/mol. The molecule has 7 unspecified atom stereocenters. The number of benzene rings is 1. The minimum atomic E-state index is -2.08. The van der Waals surface area contributed by atoms with Crippen LogP contribution in [0.3, 0.4) is 0 Å². The van der Waals surface area contributed by atoms with Crippen molar-refractivity contribution in [3.63, 3.8) is 0 Å². The SMILES string of the molecule is CC1(C)CC(NC(=O)Oc2c(F)c(F)c(OC(=O)NC3CC(C)(C)CC(C)(CNC(O)OCC4CO4)C3)c(F)c2F)CC(C)(CNC(=O)OCC2CO2)C1. The number of carbonyl (C=O) groups is 3. The summed E-state index contributed by atoms with van der Waals surface area (Å²) in [6.45, 7) is 13.7. The molecule has 5 rings (SSSR count). The van der Waals surface area contributed by atoms with Crippen molar-refractivity contribution in [2.24, 2.45) is 21.7 Å². The van der Waals surface area contributed by atoms with Crippen molar-refractivity contribution in [3.8, 4) is 11.5 Å². The van der Waals surface area contributed by atoms with E-state index >= 15 is 17.6 Å². The Morgan fingerprint density at radius 1 is 0.704 bits per heavy atom. The number of alkyl carbamates (subject to hydrolysis) is 1. The molecule has 1 aromatic rings. The molecule has 0 spiro atoms. The van der Waals surface area contributed by atoms with E-state index in [1.807, 2.05) is 41.5 Å². The predicted molar refractivity (Wildman–Crippen MR) is 182 cm³/mol. The Morgan fingerprint density at radius 3 is 1.57 bits per heavy atom. The van der Waals surface area contributed by atoms with Crippen LogP contribution in [0.4, 0.5) is 31.9 Å².